The number of carbonyl (C=O) groups is 1. The largest absolute Gasteiger partial charge is 0.507 e. The molecule has 2 aromatic carbocycles. The van der Waals surface area contributed by atoms with Crippen molar-refractivity contribution >= 4 is 21.7 Å². The number of phenolic OH excluding ortho intramolecular Hbond substituents is 1. The summed E-state index contributed by atoms with van der Waals surface area (Å²) in [7, 11) is 0. The van der Waals surface area contributed by atoms with Gasteiger partial charge in [-0.1, -0.05) is 46.3 Å². The minimum atomic E-state index is -0.161. The molecule has 1 N–H and O–H groups in total. The van der Waals surface area contributed by atoms with E-state index in [0.717, 1.165) is 15.6 Å². The maximum absolute atomic E-state index is 12.4. The van der Waals surface area contributed by atoms with Gasteiger partial charge in [0.2, 0.25) is 0 Å². The molecule has 0 atom stereocenters. The Hall–Kier alpha value is -1.61. The Bertz CT molecular complexity index is 604. The molecule has 0 heterocycles. The summed E-state index contributed by atoms with van der Waals surface area (Å²) >= 11 is 3.44. The number of aromatic hydroxyl groups is 1. The molecule has 0 aromatic heterocycles. The summed E-state index contributed by atoms with van der Waals surface area (Å²) in [6, 6.07) is 10.6. The van der Waals surface area contributed by atoms with Gasteiger partial charge in [-0.2, -0.15) is 0 Å². The average Bonchev–Trinajstić information content (AvgIpc) is 2.37. The minimum absolute atomic E-state index is 0.0297. The smallest absolute Gasteiger partial charge is 0.197 e. The van der Waals surface area contributed by atoms with Gasteiger partial charge in [0.05, 0.1) is 5.56 Å². The van der Waals surface area contributed by atoms with Crippen LogP contribution in [0.2, 0.25) is 0 Å². The van der Waals surface area contributed by atoms with E-state index in [2.05, 4.69) is 15.9 Å². The lowest BCUT2D eigenvalue weighted by Gasteiger charge is -2.11. The Morgan fingerprint density at radius 3 is 2.39 bits per heavy atom. The average molecular weight is 305 g/mol. The quantitative estimate of drug-likeness (QED) is 0.851. The Balaban J connectivity index is 2.59. The normalized spacial score (nSPS) is 10.4. The molecule has 2 nitrogen and oxygen atoms in total. The molecule has 0 fully saturated rings. The number of hydrogen-bond acceptors (Lipinski definition) is 2. The molecule has 3 heteroatoms. The fourth-order valence-corrected chi connectivity index (χ4v) is 2.27. The van der Waals surface area contributed by atoms with Crippen molar-refractivity contribution in [3.8, 4) is 5.75 Å². The molecule has 18 heavy (non-hydrogen) atoms. The van der Waals surface area contributed by atoms with Crippen LogP contribution in [0.15, 0.2) is 40.9 Å². The topological polar surface area (TPSA) is 37.3 Å². The summed E-state index contributed by atoms with van der Waals surface area (Å²) < 4.78 is 0.861. The van der Waals surface area contributed by atoms with Crippen LogP contribution in [0.25, 0.3) is 0 Å². The standard InChI is InChI=1S/C15H13BrO2/c1-9-8-12(17)13(10(2)14(9)16)15(18)11-6-4-3-5-7-11/h3-8,17H,1-2H3. The molecular weight excluding hydrogens is 292 g/mol. The number of hydrogen-bond donors (Lipinski definition) is 1. The fraction of sp³-hybridized carbons (Fsp3) is 0.133. The molecule has 0 spiro atoms. The molecule has 0 aliphatic carbocycles. The van der Waals surface area contributed by atoms with Gasteiger partial charge in [0, 0.05) is 10.0 Å². The van der Waals surface area contributed by atoms with E-state index in [1.165, 1.54) is 0 Å². The zero-order valence-electron chi connectivity index (χ0n) is 10.2. The first-order valence-electron chi connectivity index (χ1n) is 5.60. The maximum Gasteiger partial charge on any atom is 0.197 e. The summed E-state index contributed by atoms with van der Waals surface area (Å²) in [4.78, 5) is 12.4. The van der Waals surface area contributed by atoms with Crippen molar-refractivity contribution in [3.63, 3.8) is 0 Å². The zero-order chi connectivity index (χ0) is 13.3. The van der Waals surface area contributed by atoms with Gasteiger partial charge >= 0.3 is 0 Å². The van der Waals surface area contributed by atoms with Crippen molar-refractivity contribution in [2.24, 2.45) is 0 Å². The molecule has 0 unspecified atom stereocenters. The highest BCUT2D eigenvalue weighted by atomic mass is 79.9. The van der Waals surface area contributed by atoms with Crippen molar-refractivity contribution < 1.29 is 9.90 Å². The Morgan fingerprint density at radius 1 is 1.17 bits per heavy atom. The van der Waals surface area contributed by atoms with Crippen LogP contribution in [-0.2, 0) is 0 Å². The predicted octanol–water partition coefficient (Wildman–Crippen LogP) is 4.00. The predicted molar refractivity (Wildman–Crippen MR) is 75.2 cm³/mol. The second-order valence-electron chi connectivity index (χ2n) is 4.22. The number of carbonyl (C=O) groups excluding carboxylic acids is 1. The summed E-state index contributed by atoms with van der Waals surface area (Å²) in [5.74, 6) is -0.131. The van der Waals surface area contributed by atoms with Crippen LogP contribution in [-0.4, -0.2) is 10.9 Å². The number of phenols is 1. The third-order valence-electron chi connectivity index (χ3n) is 2.92. The number of rotatable bonds is 2. The zero-order valence-corrected chi connectivity index (χ0v) is 11.8. The van der Waals surface area contributed by atoms with Gasteiger partial charge in [-0.15, -0.1) is 0 Å². The van der Waals surface area contributed by atoms with E-state index in [4.69, 9.17) is 0 Å². The highest BCUT2D eigenvalue weighted by molar-refractivity contribution is 9.10. The number of benzene rings is 2. The molecular formula is C15H13BrO2. The van der Waals surface area contributed by atoms with Crippen molar-refractivity contribution in [1.29, 1.82) is 0 Å². The Morgan fingerprint density at radius 2 is 1.78 bits per heavy atom. The fourth-order valence-electron chi connectivity index (χ4n) is 1.96. The van der Waals surface area contributed by atoms with E-state index >= 15 is 0 Å². The first-order valence-corrected chi connectivity index (χ1v) is 6.40. The molecule has 0 radical (unpaired) electrons. The minimum Gasteiger partial charge on any atom is -0.507 e. The number of aryl methyl sites for hydroxylation is 1. The van der Waals surface area contributed by atoms with Gasteiger partial charge in [-0.25, -0.2) is 0 Å². The molecule has 0 saturated carbocycles. The Labute approximate surface area is 114 Å². The lowest BCUT2D eigenvalue weighted by Crippen LogP contribution is -2.05. The van der Waals surface area contributed by atoms with Gasteiger partial charge in [0.15, 0.2) is 5.78 Å². The molecule has 0 bridgehead atoms. The van der Waals surface area contributed by atoms with Crippen LogP contribution in [0.1, 0.15) is 27.0 Å². The molecule has 92 valence electrons. The molecule has 0 aliphatic rings. The third kappa shape index (κ3) is 2.18. The number of ketones is 1. The monoisotopic (exact) mass is 304 g/mol. The van der Waals surface area contributed by atoms with Crippen molar-refractivity contribution in [2.45, 2.75) is 13.8 Å². The van der Waals surface area contributed by atoms with Crippen LogP contribution in [0.3, 0.4) is 0 Å². The van der Waals surface area contributed by atoms with Gasteiger partial charge in [0.1, 0.15) is 5.75 Å². The van der Waals surface area contributed by atoms with Crippen LogP contribution < -0.4 is 0 Å². The summed E-state index contributed by atoms with van der Waals surface area (Å²) in [5, 5.41) is 9.99. The number of halogens is 1. The molecule has 0 saturated heterocycles. The van der Waals surface area contributed by atoms with Gasteiger partial charge in [-0.05, 0) is 31.0 Å². The van der Waals surface area contributed by atoms with Crippen LogP contribution in [0, 0.1) is 13.8 Å². The first-order chi connectivity index (χ1) is 8.52. The van der Waals surface area contributed by atoms with Crippen LogP contribution in [0.5, 0.6) is 5.75 Å². The van der Waals surface area contributed by atoms with E-state index in [9.17, 15) is 9.90 Å². The summed E-state index contributed by atoms with van der Waals surface area (Å²) in [6.07, 6.45) is 0. The van der Waals surface area contributed by atoms with E-state index < -0.39 is 0 Å². The first kappa shape index (κ1) is 12.8. The SMILES string of the molecule is Cc1cc(O)c(C(=O)c2ccccc2)c(C)c1Br. The van der Waals surface area contributed by atoms with Gasteiger partial charge in [-0.3, -0.25) is 4.79 Å². The van der Waals surface area contributed by atoms with Gasteiger partial charge in [0.25, 0.3) is 0 Å². The van der Waals surface area contributed by atoms with E-state index in [0.29, 0.717) is 11.1 Å². The van der Waals surface area contributed by atoms with Crippen LogP contribution >= 0.6 is 15.9 Å². The van der Waals surface area contributed by atoms with E-state index in [1.54, 1.807) is 18.2 Å². The highest BCUT2D eigenvalue weighted by Crippen LogP contribution is 2.32. The lowest BCUT2D eigenvalue weighted by atomic mass is 9.96. The van der Waals surface area contributed by atoms with Crippen LogP contribution in [0.4, 0.5) is 0 Å². The Kier molecular flexibility index (Phi) is 3.53. The highest BCUT2D eigenvalue weighted by Gasteiger charge is 2.19. The molecule has 0 amide bonds. The second-order valence-corrected chi connectivity index (χ2v) is 5.01. The lowest BCUT2D eigenvalue weighted by molar-refractivity contribution is 0.103. The van der Waals surface area contributed by atoms with Gasteiger partial charge < -0.3 is 5.11 Å². The van der Waals surface area contributed by atoms with E-state index in [-0.39, 0.29) is 11.5 Å². The van der Waals surface area contributed by atoms with Crippen molar-refractivity contribution in [3.05, 3.63) is 63.1 Å². The molecule has 2 rings (SSSR count). The van der Waals surface area contributed by atoms with E-state index in [1.807, 2.05) is 32.0 Å². The molecule has 2 aromatic rings. The van der Waals surface area contributed by atoms with Crippen molar-refractivity contribution in [2.75, 3.05) is 0 Å². The maximum atomic E-state index is 12.4. The van der Waals surface area contributed by atoms with Crippen molar-refractivity contribution in [1.82, 2.24) is 0 Å². The molecule has 0 aliphatic heterocycles. The summed E-state index contributed by atoms with van der Waals surface area (Å²) in [5.41, 5.74) is 2.61. The third-order valence-corrected chi connectivity index (χ3v) is 4.14. The second kappa shape index (κ2) is 4.94. The summed E-state index contributed by atoms with van der Waals surface area (Å²) in [6.45, 7) is 3.71.